The number of nitrogens with one attached hydrogen (secondary N) is 1. The average Bonchev–Trinajstić information content (AvgIpc) is 2.25. The van der Waals surface area contributed by atoms with Crippen molar-refractivity contribution in [1.29, 1.82) is 0 Å². The van der Waals surface area contributed by atoms with E-state index in [1.807, 2.05) is 0 Å². The SMILES string of the molecule is O=S(O)C(F)(F)CCNC12CC3CC(CC(C3)C1)C2. The van der Waals surface area contributed by atoms with Crippen molar-refractivity contribution < 1.29 is 17.5 Å². The molecule has 4 aliphatic rings. The van der Waals surface area contributed by atoms with Crippen LogP contribution in [0.15, 0.2) is 0 Å². The maximum Gasteiger partial charge on any atom is 0.346 e. The van der Waals surface area contributed by atoms with Gasteiger partial charge in [-0.05, 0) is 56.3 Å². The van der Waals surface area contributed by atoms with Crippen molar-refractivity contribution in [2.75, 3.05) is 6.54 Å². The minimum absolute atomic E-state index is 0.0434. The zero-order chi connectivity index (χ0) is 13.7. The molecule has 4 saturated carbocycles. The Hall–Kier alpha value is -0.0700. The summed E-state index contributed by atoms with van der Waals surface area (Å²) in [6.07, 6.45) is 6.71. The van der Waals surface area contributed by atoms with Crippen molar-refractivity contribution in [2.45, 2.75) is 55.7 Å². The summed E-state index contributed by atoms with van der Waals surface area (Å²) in [5, 5.41) is -0.178. The monoisotopic (exact) mass is 293 g/mol. The minimum atomic E-state index is -3.49. The van der Waals surface area contributed by atoms with Gasteiger partial charge in [-0.1, -0.05) is 0 Å². The fourth-order valence-corrected chi connectivity index (χ4v) is 5.16. The van der Waals surface area contributed by atoms with Crippen LogP contribution in [0.2, 0.25) is 0 Å². The zero-order valence-corrected chi connectivity index (χ0v) is 11.7. The number of hydrogen-bond acceptors (Lipinski definition) is 2. The molecule has 0 radical (unpaired) electrons. The lowest BCUT2D eigenvalue weighted by atomic mass is 9.53. The van der Waals surface area contributed by atoms with E-state index in [1.165, 1.54) is 19.3 Å². The largest absolute Gasteiger partial charge is 0.346 e. The van der Waals surface area contributed by atoms with Gasteiger partial charge in [-0.25, -0.2) is 4.21 Å². The van der Waals surface area contributed by atoms with Crippen molar-refractivity contribution >= 4 is 11.1 Å². The predicted octanol–water partition coefficient (Wildman–Crippen LogP) is 2.75. The van der Waals surface area contributed by atoms with E-state index in [0.717, 1.165) is 37.0 Å². The molecule has 0 heterocycles. The Kier molecular flexibility index (Phi) is 3.47. The van der Waals surface area contributed by atoms with E-state index in [2.05, 4.69) is 5.32 Å². The lowest BCUT2D eigenvalue weighted by Gasteiger charge is -2.57. The normalized spacial score (nSPS) is 42.6. The first kappa shape index (κ1) is 13.9. The molecule has 0 aromatic heterocycles. The van der Waals surface area contributed by atoms with E-state index in [-0.39, 0.29) is 12.1 Å². The van der Waals surface area contributed by atoms with Crippen LogP contribution >= 0.6 is 0 Å². The quantitative estimate of drug-likeness (QED) is 0.766. The summed E-state index contributed by atoms with van der Waals surface area (Å²) in [6, 6.07) is 0. The summed E-state index contributed by atoms with van der Waals surface area (Å²) in [7, 11) is 0. The molecular formula is C13H21F2NO2S. The topological polar surface area (TPSA) is 49.3 Å². The summed E-state index contributed by atoms with van der Waals surface area (Å²) in [5.74, 6) is 2.31. The van der Waals surface area contributed by atoms with Crippen molar-refractivity contribution in [3.05, 3.63) is 0 Å². The Morgan fingerprint density at radius 2 is 1.63 bits per heavy atom. The molecule has 6 heteroatoms. The molecule has 4 bridgehead atoms. The number of rotatable bonds is 5. The van der Waals surface area contributed by atoms with Gasteiger partial charge < -0.3 is 9.87 Å². The van der Waals surface area contributed by atoms with Crippen LogP contribution in [0.3, 0.4) is 0 Å². The van der Waals surface area contributed by atoms with Gasteiger partial charge in [0.25, 0.3) is 0 Å². The van der Waals surface area contributed by atoms with Crippen LogP contribution in [0, 0.1) is 17.8 Å². The first-order chi connectivity index (χ1) is 8.89. The maximum atomic E-state index is 13.1. The van der Waals surface area contributed by atoms with Crippen LogP contribution < -0.4 is 5.32 Å². The minimum Gasteiger partial charge on any atom is -0.311 e. The number of hydrogen-bond donors (Lipinski definition) is 2. The second-order valence-electron chi connectivity index (χ2n) is 6.76. The van der Waals surface area contributed by atoms with E-state index in [9.17, 15) is 13.0 Å². The third-order valence-corrected chi connectivity index (χ3v) is 5.92. The smallest absolute Gasteiger partial charge is 0.311 e. The molecule has 3 nitrogen and oxygen atoms in total. The van der Waals surface area contributed by atoms with E-state index in [1.54, 1.807) is 0 Å². The van der Waals surface area contributed by atoms with Gasteiger partial charge in [0, 0.05) is 18.5 Å². The van der Waals surface area contributed by atoms with Gasteiger partial charge in [-0.3, -0.25) is 0 Å². The van der Waals surface area contributed by atoms with Crippen LogP contribution in [0.1, 0.15) is 44.9 Å². The van der Waals surface area contributed by atoms with E-state index in [0.29, 0.717) is 0 Å². The molecular weight excluding hydrogens is 272 g/mol. The molecule has 0 spiro atoms. The first-order valence-electron chi connectivity index (χ1n) is 7.12. The van der Waals surface area contributed by atoms with Crippen LogP contribution in [-0.2, 0) is 11.1 Å². The molecule has 4 aliphatic carbocycles. The van der Waals surface area contributed by atoms with Crippen LogP contribution in [-0.4, -0.2) is 26.1 Å². The van der Waals surface area contributed by atoms with Gasteiger partial charge in [-0.15, -0.1) is 0 Å². The van der Waals surface area contributed by atoms with Crippen LogP contribution in [0.4, 0.5) is 8.78 Å². The van der Waals surface area contributed by atoms with E-state index >= 15 is 0 Å². The molecule has 0 aromatic rings. The highest BCUT2D eigenvalue weighted by Crippen LogP contribution is 2.55. The average molecular weight is 293 g/mol. The zero-order valence-electron chi connectivity index (χ0n) is 10.9. The van der Waals surface area contributed by atoms with E-state index in [4.69, 9.17) is 4.55 Å². The predicted molar refractivity (Wildman–Crippen MR) is 69.2 cm³/mol. The summed E-state index contributed by atoms with van der Waals surface area (Å²) in [5.41, 5.74) is 0.0434. The van der Waals surface area contributed by atoms with Crippen molar-refractivity contribution in [3.8, 4) is 0 Å². The summed E-state index contributed by atoms with van der Waals surface area (Å²) in [6.45, 7) is 0.130. The van der Waals surface area contributed by atoms with Gasteiger partial charge in [0.1, 0.15) is 0 Å². The second-order valence-corrected chi connectivity index (χ2v) is 7.86. The lowest BCUT2D eigenvalue weighted by Crippen LogP contribution is -2.58. The summed E-state index contributed by atoms with van der Waals surface area (Å²) < 4.78 is 45.3. The molecule has 2 N–H and O–H groups in total. The molecule has 0 aliphatic heterocycles. The molecule has 4 fully saturated rings. The maximum absolute atomic E-state index is 13.1. The Labute approximate surface area is 114 Å². The highest BCUT2D eigenvalue weighted by Gasteiger charge is 2.50. The van der Waals surface area contributed by atoms with Crippen LogP contribution in [0.25, 0.3) is 0 Å². The van der Waals surface area contributed by atoms with Gasteiger partial charge in [0.2, 0.25) is 11.1 Å². The fraction of sp³-hybridized carbons (Fsp3) is 1.00. The third kappa shape index (κ3) is 2.72. The highest BCUT2D eigenvalue weighted by atomic mass is 32.2. The molecule has 19 heavy (non-hydrogen) atoms. The first-order valence-corrected chi connectivity index (χ1v) is 8.23. The molecule has 0 amide bonds. The Morgan fingerprint density at radius 3 is 2.05 bits per heavy atom. The standard InChI is InChI=1S/C13H21F2NO2S/c14-13(15,19(17)18)1-2-16-12-6-9-3-10(7-12)5-11(4-9)8-12/h9-11,16H,1-8H2,(H,17,18). The molecule has 4 rings (SSSR count). The van der Waals surface area contributed by atoms with Gasteiger partial charge in [0.15, 0.2) is 0 Å². The number of halogens is 2. The Balaban J connectivity index is 1.57. The van der Waals surface area contributed by atoms with E-state index < -0.39 is 22.8 Å². The number of alkyl halides is 2. The second kappa shape index (κ2) is 4.74. The van der Waals surface area contributed by atoms with Gasteiger partial charge >= 0.3 is 5.25 Å². The summed E-state index contributed by atoms with van der Waals surface area (Å²) in [4.78, 5) is 0. The van der Waals surface area contributed by atoms with Crippen molar-refractivity contribution in [1.82, 2.24) is 5.32 Å². The van der Waals surface area contributed by atoms with Gasteiger partial charge in [-0.2, -0.15) is 8.78 Å². The molecule has 1 atom stereocenters. The van der Waals surface area contributed by atoms with Crippen LogP contribution in [0.5, 0.6) is 0 Å². The highest BCUT2D eigenvalue weighted by molar-refractivity contribution is 7.80. The summed E-state index contributed by atoms with van der Waals surface area (Å²) >= 11 is -3.06. The van der Waals surface area contributed by atoms with Crippen molar-refractivity contribution in [2.24, 2.45) is 17.8 Å². The molecule has 0 aromatic carbocycles. The fourth-order valence-electron chi connectivity index (χ4n) is 4.89. The Morgan fingerprint density at radius 1 is 1.16 bits per heavy atom. The Bertz CT molecular complexity index is 354. The lowest BCUT2D eigenvalue weighted by molar-refractivity contribution is -0.0227. The van der Waals surface area contributed by atoms with Gasteiger partial charge in [0.05, 0.1) is 0 Å². The molecule has 110 valence electrons. The molecule has 1 unspecified atom stereocenters. The third-order valence-electron chi connectivity index (χ3n) is 5.21. The van der Waals surface area contributed by atoms with Crippen molar-refractivity contribution in [3.63, 3.8) is 0 Å². The molecule has 0 saturated heterocycles.